The summed E-state index contributed by atoms with van der Waals surface area (Å²) in [6.07, 6.45) is 0. The molecule has 0 saturated heterocycles. The summed E-state index contributed by atoms with van der Waals surface area (Å²) in [6.45, 7) is 0. The summed E-state index contributed by atoms with van der Waals surface area (Å²) < 4.78 is 0. The Balaban J connectivity index is 1.78. The van der Waals surface area contributed by atoms with E-state index in [2.05, 4.69) is 102 Å². The van der Waals surface area contributed by atoms with Gasteiger partial charge in [0.1, 0.15) is 0 Å². The Kier molecular flexibility index (Phi) is 2.42. The Morgan fingerprint density at radius 1 is 0.500 bits per heavy atom. The number of nitrogens with one attached hydrogen (secondary N) is 1. The summed E-state index contributed by atoms with van der Waals surface area (Å²) in [7, 11) is 0. The lowest BCUT2D eigenvalue weighted by molar-refractivity contribution is 0.782. The Hall–Kier alpha value is -3.84. The molecule has 1 heterocycles. The van der Waals surface area contributed by atoms with Gasteiger partial charge in [-0.25, -0.2) is 0 Å². The predicted octanol–water partition coefficient (Wildman–Crippen LogP) is 7.15. The molecule has 2 aliphatic carbocycles. The molecular formula is C29H17N. The number of benzene rings is 5. The minimum atomic E-state index is -0.282. The minimum Gasteiger partial charge on any atom is -0.354 e. The molecule has 138 valence electrons. The van der Waals surface area contributed by atoms with Crippen molar-refractivity contribution in [1.29, 1.82) is 0 Å². The van der Waals surface area contributed by atoms with Gasteiger partial charge in [0.05, 0.1) is 5.41 Å². The Labute approximate surface area is 173 Å². The van der Waals surface area contributed by atoms with Crippen molar-refractivity contribution in [2.45, 2.75) is 5.41 Å². The van der Waals surface area contributed by atoms with E-state index < -0.39 is 0 Å². The summed E-state index contributed by atoms with van der Waals surface area (Å²) in [6, 6.07) is 36.0. The van der Waals surface area contributed by atoms with Crippen molar-refractivity contribution in [2.75, 3.05) is 0 Å². The van der Waals surface area contributed by atoms with Crippen LogP contribution in [0.4, 0.5) is 0 Å². The molecule has 0 spiro atoms. The third-order valence-corrected chi connectivity index (χ3v) is 7.38. The highest BCUT2D eigenvalue weighted by Crippen LogP contribution is 2.62. The molecule has 1 unspecified atom stereocenters. The van der Waals surface area contributed by atoms with Gasteiger partial charge in [-0.05, 0) is 56.3 Å². The van der Waals surface area contributed by atoms with E-state index in [1.54, 1.807) is 0 Å². The Morgan fingerprint density at radius 3 is 2.20 bits per heavy atom. The number of hydrogen-bond acceptors (Lipinski definition) is 0. The standard InChI is InChI=1S/C29H17N/c1-2-8-18(9-3-1)29-21-11-5-4-10-19(21)20-14-16-24-27(28(20)29)26-23(30-24)15-13-17-7-6-12-22(29)25(17)26/h1-16,30H. The van der Waals surface area contributed by atoms with E-state index in [1.807, 2.05) is 0 Å². The molecule has 2 aliphatic rings. The van der Waals surface area contributed by atoms with E-state index >= 15 is 0 Å². The average molecular weight is 379 g/mol. The second-order valence-electron chi connectivity index (χ2n) is 8.59. The first-order valence-electron chi connectivity index (χ1n) is 10.6. The van der Waals surface area contributed by atoms with Gasteiger partial charge in [-0.3, -0.25) is 0 Å². The van der Waals surface area contributed by atoms with Crippen LogP contribution in [0.25, 0.3) is 43.7 Å². The molecule has 1 atom stereocenters. The lowest BCUT2D eigenvalue weighted by atomic mass is 9.63. The third kappa shape index (κ3) is 1.43. The highest BCUT2D eigenvalue weighted by Gasteiger charge is 2.50. The fourth-order valence-electron chi connectivity index (χ4n) is 6.38. The fraction of sp³-hybridized carbons (Fsp3) is 0.0345. The van der Waals surface area contributed by atoms with Crippen LogP contribution in [-0.4, -0.2) is 4.98 Å². The largest absolute Gasteiger partial charge is 0.354 e. The molecule has 0 fully saturated rings. The molecule has 0 radical (unpaired) electrons. The molecule has 0 amide bonds. The van der Waals surface area contributed by atoms with Crippen molar-refractivity contribution < 1.29 is 0 Å². The van der Waals surface area contributed by atoms with Gasteiger partial charge in [-0.15, -0.1) is 0 Å². The van der Waals surface area contributed by atoms with Gasteiger partial charge in [0.15, 0.2) is 0 Å². The van der Waals surface area contributed by atoms with Crippen molar-refractivity contribution >= 4 is 32.6 Å². The molecule has 5 aromatic carbocycles. The maximum atomic E-state index is 3.72. The van der Waals surface area contributed by atoms with Crippen LogP contribution in [0.15, 0.2) is 97.1 Å². The van der Waals surface area contributed by atoms with E-state index in [1.165, 1.54) is 66.0 Å². The van der Waals surface area contributed by atoms with Crippen LogP contribution in [0.3, 0.4) is 0 Å². The Bertz CT molecular complexity index is 1690. The normalized spacial score (nSPS) is 18.1. The van der Waals surface area contributed by atoms with Gasteiger partial charge in [0, 0.05) is 21.8 Å². The molecule has 6 aromatic rings. The minimum absolute atomic E-state index is 0.282. The molecule has 1 aromatic heterocycles. The van der Waals surface area contributed by atoms with Gasteiger partial charge < -0.3 is 4.98 Å². The van der Waals surface area contributed by atoms with Crippen molar-refractivity contribution in [2.24, 2.45) is 0 Å². The zero-order chi connectivity index (χ0) is 19.4. The zero-order valence-electron chi connectivity index (χ0n) is 16.2. The van der Waals surface area contributed by atoms with Gasteiger partial charge in [-0.2, -0.15) is 0 Å². The second-order valence-corrected chi connectivity index (χ2v) is 8.59. The summed E-state index contributed by atoms with van der Waals surface area (Å²) in [5.41, 5.74) is 10.5. The number of H-pyrrole nitrogens is 1. The van der Waals surface area contributed by atoms with E-state index in [0.717, 1.165) is 0 Å². The topological polar surface area (TPSA) is 15.8 Å². The summed E-state index contributed by atoms with van der Waals surface area (Å²) in [5, 5.41) is 5.49. The van der Waals surface area contributed by atoms with E-state index in [0.29, 0.717) is 0 Å². The number of aromatic amines is 1. The van der Waals surface area contributed by atoms with Crippen LogP contribution < -0.4 is 0 Å². The van der Waals surface area contributed by atoms with Crippen LogP contribution >= 0.6 is 0 Å². The van der Waals surface area contributed by atoms with Crippen molar-refractivity contribution in [3.05, 3.63) is 119 Å². The first kappa shape index (κ1) is 15.1. The summed E-state index contributed by atoms with van der Waals surface area (Å²) in [4.78, 5) is 3.72. The number of fused-ring (bicyclic) bond motifs is 4. The first-order valence-corrected chi connectivity index (χ1v) is 10.6. The molecule has 30 heavy (non-hydrogen) atoms. The molecular weight excluding hydrogens is 362 g/mol. The van der Waals surface area contributed by atoms with E-state index in [9.17, 15) is 0 Å². The quantitative estimate of drug-likeness (QED) is 0.312. The maximum Gasteiger partial charge on any atom is 0.0726 e. The van der Waals surface area contributed by atoms with Crippen LogP contribution in [0, 0.1) is 0 Å². The lowest BCUT2D eigenvalue weighted by Gasteiger charge is -2.37. The van der Waals surface area contributed by atoms with Crippen molar-refractivity contribution in [3.63, 3.8) is 0 Å². The smallest absolute Gasteiger partial charge is 0.0726 e. The molecule has 0 aliphatic heterocycles. The van der Waals surface area contributed by atoms with Gasteiger partial charge >= 0.3 is 0 Å². The highest BCUT2D eigenvalue weighted by atomic mass is 14.7. The molecule has 1 nitrogen and oxygen atoms in total. The molecule has 8 rings (SSSR count). The van der Waals surface area contributed by atoms with Gasteiger partial charge in [0.2, 0.25) is 0 Å². The summed E-state index contributed by atoms with van der Waals surface area (Å²) in [5.74, 6) is 0. The monoisotopic (exact) mass is 379 g/mol. The third-order valence-electron chi connectivity index (χ3n) is 7.38. The average Bonchev–Trinajstić information content (AvgIpc) is 3.33. The lowest BCUT2D eigenvalue weighted by Crippen LogP contribution is -2.30. The van der Waals surface area contributed by atoms with Crippen LogP contribution in [0.2, 0.25) is 0 Å². The van der Waals surface area contributed by atoms with Crippen LogP contribution in [0.1, 0.15) is 22.3 Å². The van der Waals surface area contributed by atoms with Crippen LogP contribution in [-0.2, 0) is 5.41 Å². The SMILES string of the molecule is c1ccc(C23c4ccccc4-c4ccc5[nH]c6ccc7cccc2c7c6c5c43)cc1. The van der Waals surface area contributed by atoms with Gasteiger partial charge in [-0.1, -0.05) is 84.9 Å². The van der Waals surface area contributed by atoms with Crippen molar-refractivity contribution in [1.82, 2.24) is 4.98 Å². The maximum absolute atomic E-state index is 3.72. The molecule has 0 bridgehead atoms. The van der Waals surface area contributed by atoms with Crippen LogP contribution in [0.5, 0.6) is 0 Å². The zero-order valence-corrected chi connectivity index (χ0v) is 16.2. The number of hydrogen-bond donors (Lipinski definition) is 1. The second kappa shape index (κ2) is 4.83. The van der Waals surface area contributed by atoms with Gasteiger partial charge in [0.25, 0.3) is 0 Å². The summed E-state index contributed by atoms with van der Waals surface area (Å²) >= 11 is 0. The van der Waals surface area contributed by atoms with Crippen molar-refractivity contribution in [3.8, 4) is 11.1 Å². The predicted molar refractivity (Wildman–Crippen MR) is 124 cm³/mol. The molecule has 1 heteroatoms. The Morgan fingerprint density at radius 2 is 1.27 bits per heavy atom. The number of rotatable bonds is 1. The highest BCUT2D eigenvalue weighted by molar-refractivity contribution is 6.27. The fourth-order valence-corrected chi connectivity index (χ4v) is 6.38. The molecule has 0 saturated carbocycles. The number of aromatic nitrogens is 1. The molecule has 1 N–H and O–H groups in total. The van der Waals surface area contributed by atoms with E-state index in [4.69, 9.17) is 0 Å². The first-order chi connectivity index (χ1) is 14.9. The van der Waals surface area contributed by atoms with E-state index in [-0.39, 0.29) is 5.41 Å².